The Balaban J connectivity index is 2.21. The molecule has 2 aromatic carbocycles. The Bertz CT molecular complexity index is 737. The van der Waals surface area contributed by atoms with E-state index in [1.165, 1.54) is 13.2 Å². The average molecular weight is 321 g/mol. The average Bonchev–Trinajstić information content (AvgIpc) is 2.81. The number of methoxy groups -OCH3 is 1. The van der Waals surface area contributed by atoms with Crippen LogP contribution in [0.4, 0.5) is 4.39 Å². The van der Waals surface area contributed by atoms with Crippen molar-refractivity contribution in [1.29, 1.82) is 0 Å². The quantitative estimate of drug-likeness (QED) is 0.715. The molecule has 0 bridgehead atoms. The number of halogens is 2. The van der Waals surface area contributed by atoms with Crippen LogP contribution in [0.1, 0.15) is 0 Å². The maximum Gasteiger partial charge on any atom is 0.165 e. The number of rotatable bonds is 2. The lowest BCUT2D eigenvalue weighted by Gasteiger charge is -2.06. The number of aromatic nitrogens is 2. The highest BCUT2D eigenvalue weighted by Crippen LogP contribution is 2.26. The van der Waals surface area contributed by atoms with Gasteiger partial charge in [-0.3, -0.25) is 0 Å². The standard InChI is InChI=1S/C14H10BrFN2O/c1-19-14-7-13-9(6-12(14)16)8-17-18(13)11-4-2-10(15)3-5-11/h2-8H,1H3. The van der Waals surface area contributed by atoms with E-state index in [2.05, 4.69) is 21.0 Å². The van der Waals surface area contributed by atoms with Gasteiger partial charge in [0.1, 0.15) is 0 Å². The SMILES string of the molecule is COc1cc2c(cnn2-c2ccc(Br)cc2)cc1F. The third-order valence-corrected chi connectivity index (χ3v) is 3.44. The van der Waals surface area contributed by atoms with Crippen molar-refractivity contribution < 1.29 is 9.13 Å². The number of ether oxygens (including phenoxy) is 1. The Labute approximate surface area is 117 Å². The van der Waals surface area contributed by atoms with Gasteiger partial charge in [-0.2, -0.15) is 5.10 Å². The normalized spacial score (nSPS) is 10.9. The molecule has 0 aliphatic carbocycles. The molecule has 96 valence electrons. The van der Waals surface area contributed by atoms with E-state index in [-0.39, 0.29) is 11.6 Å². The fraction of sp³-hybridized carbons (Fsp3) is 0.0714. The van der Waals surface area contributed by atoms with Crippen LogP contribution >= 0.6 is 15.9 Å². The van der Waals surface area contributed by atoms with Gasteiger partial charge in [0.2, 0.25) is 0 Å². The number of hydrogen-bond acceptors (Lipinski definition) is 2. The van der Waals surface area contributed by atoms with Crippen molar-refractivity contribution in [3.8, 4) is 11.4 Å². The molecule has 1 aromatic heterocycles. The second kappa shape index (κ2) is 4.66. The fourth-order valence-electron chi connectivity index (χ4n) is 1.97. The number of benzene rings is 2. The van der Waals surface area contributed by atoms with Crippen molar-refractivity contribution in [2.24, 2.45) is 0 Å². The molecule has 0 saturated carbocycles. The molecule has 0 amide bonds. The van der Waals surface area contributed by atoms with E-state index < -0.39 is 0 Å². The van der Waals surface area contributed by atoms with Gasteiger partial charge in [0, 0.05) is 15.9 Å². The maximum absolute atomic E-state index is 13.6. The third kappa shape index (κ3) is 2.10. The first kappa shape index (κ1) is 12.2. The second-order valence-electron chi connectivity index (χ2n) is 4.08. The van der Waals surface area contributed by atoms with Crippen LogP contribution in [0.2, 0.25) is 0 Å². The van der Waals surface area contributed by atoms with Crippen molar-refractivity contribution in [3.05, 3.63) is 52.9 Å². The molecule has 0 unspecified atom stereocenters. The van der Waals surface area contributed by atoms with E-state index in [1.54, 1.807) is 16.9 Å². The zero-order valence-electron chi connectivity index (χ0n) is 10.1. The molecule has 0 spiro atoms. The molecule has 1 heterocycles. The molecule has 0 saturated heterocycles. The first-order valence-electron chi connectivity index (χ1n) is 5.66. The predicted molar refractivity (Wildman–Crippen MR) is 75.3 cm³/mol. The summed E-state index contributed by atoms with van der Waals surface area (Å²) in [5.41, 5.74) is 1.72. The summed E-state index contributed by atoms with van der Waals surface area (Å²) in [6.07, 6.45) is 1.64. The fourth-order valence-corrected chi connectivity index (χ4v) is 2.24. The smallest absolute Gasteiger partial charge is 0.165 e. The third-order valence-electron chi connectivity index (χ3n) is 2.91. The molecule has 0 radical (unpaired) electrons. The predicted octanol–water partition coefficient (Wildman–Crippen LogP) is 3.94. The van der Waals surface area contributed by atoms with Crippen LogP contribution in [0.3, 0.4) is 0 Å². The summed E-state index contributed by atoms with van der Waals surface area (Å²) >= 11 is 3.39. The van der Waals surface area contributed by atoms with Gasteiger partial charge in [-0.05, 0) is 30.3 Å². The largest absolute Gasteiger partial charge is 0.494 e. The zero-order valence-corrected chi connectivity index (χ0v) is 11.7. The highest BCUT2D eigenvalue weighted by Gasteiger charge is 2.10. The molecule has 0 fully saturated rings. The minimum Gasteiger partial charge on any atom is -0.494 e. The van der Waals surface area contributed by atoms with Crippen LogP contribution in [0.25, 0.3) is 16.6 Å². The van der Waals surface area contributed by atoms with Gasteiger partial charge < -0.3 is 4.74 Å². The molecule has 3 nitrogen and oxygen atoms in total. The minimum atomic E-state index is -0.384. The summed E-state index contributed by atoms with van der Waals surface area (Å²) in [7, 11) is 1.45. The first-order valence-corrected chi connectivity index (χ1v) is 6.45. The lowest BCUT2D eigenvalue weighted by molar-refractivity contribution is 0.387. The van der Waals surface area contributed by atoms with Crippen molar-refractivity contribution >= 4 is 26.8 Å². The Morgan fingerprint density at radius 1 is 1.21 bits per heavy atom. The molecule has 3 aromatic rings. The van der Waals surface area contributed by atoms with Crippen LogP contribution < -0.4 is 4.74 Å². The van der Waals surface area contributed by atoms with Crippen molar-refractivity contribution in [3.63, 3.8) is 0 Å². The molecular weight excluding hydrogens is 311 g/mol. The summed E-state index contributed by atoms with van der Waals surface area (Å²) in [6, 6.07) is 10.8. The van der Waals surface area contributed by atoms with E-state index in [0.717, 1.165) is 21.1 Å². The Morgan fingerprint density at radius 2 is 1.95 bits per heavy atom. The summed E-state index contributed by atoms with van der Waals surface area (Å²) in [5.74, 6) is -0.170. The summed E-state index contributed by atoms with van der Waals surface area (Å²) in [5, 5.41) is 5.03. The lowest BCUT2D eigenvalue weighted by atomic mass is 10.2. The van der Waals surface area contributed by atoms with E-state index >= 15 is 0 Å². The van der Waals surface area contributed by atoms with Gasteiger partial charge in [0.05, 0.1) is 24.5 Å². The van der Waals surface area contributed by atoms with Crippen LogP contribution in [0.15, 0.2) is 47.1 Å². The van der Waals surface area contributed by atoms with Crippen molar-refractivity contribution in [2.75, 3.05) is 7.11 Å². The molecule has 19 heavy (non-hydrogen) atoms. The van der Waals surface area contributed by atoms with E-state index in [1.807, 2.05) is 24.3 Å². The second-order valence-corrected chi connectivity index (χ2v) is 4.99. The first-order chi connectivity index (χ1) is 9.19. The zero-order chi connectivity index (χ0) is 13.4. The van der Waals surface area contributed by atoms with Gasteiger partial charge in [-0.25, -0.2) is 9.07 Å². The van der Waals surface area contributed by atoms with Crippen LogP contribution in [-0.2, 0) is 0 Å². The Morgan fingerprint density at radius 3 is 2.63 bits per heavy atom. The van der Waals surface area contributed by atoms with E-state index in [9.17, 15) is 4.39 Å². The van der Waals surface area contributed by atoms with Crippen molar-refractivity contribution in [2.45, 2.75) is 0 Å². The molecule has 0 aliphatic rings. The highest BCUT2D eigenvalue weighted by molar-refractivity contribution is 9.10. The highest BCUT2D eigenvalue weighted by atomic mass is 79.9. The topological polar surface area (TPSA) is 27.1 Å². The molecule has 5 heteroatoms. The van der Waals surface area contributed by atoms with E-state index in [0.29, 0.717) is 0 Å². The minimum absolute atomic E-state index is 0.214. The van der Waals surface area contributed by atoms with Crippen LogP contribution in [0, 0.1) is 5.82 Å². The van der Waals surface area contributed by atoms with Gasteiger partial charge in [0.15, 0.2) is 11.6 Å². The summed E-state index contributed by atoms with van der Waals surface area (Å²) in [4.78, 5) is 0. The number of fused-ring (bicyclic) bond motifs is 1. The summed E-state index contributed by atoms with van der Waals surface area (Å²) < 4.78 is 21.4. The number of hydrogen-bond donors (Lipinski definition) is 0. The van der Waals surface area contributed by atoms with Gasteiger partial charge in [0.25, 0.3) is 0 Å². The van der Waals surface area contributed by atoms with Crippen molar-refractivity contribution in [1.82, 2.24) is 9.78 Å². The van der Waals surface area contributed by atoms with Gasteiger partial charge >= 0.3 is 0 Å². The molecule has 0 atom stereocenters. The molecular formula is C14H10BrFN2O. The molecule has 0 N–H and O–H groups in total. The Hall–Kier alpha value is -1.88. The van der Waals surface area contributed by atoms with Gasteiger partial charge in [-0.1, -0.05) is 15.9 Å². The lowest BCUT2D eigenvalue weighted by Crippen LogP contribution is -1.96. The maximum atomic E-state index is 13.6. The van der Waals surface area contributed by atoms with Crippen LogP contribution in [0.5, 0.6) is 5.75 Å². The van der Waals surface area contributed by atoms with Crippen LogP contribution in [-0.4, -0.2) is 16.9 Å². The Kier molecular flexibility index (Phi) is 2.98. The molecule has 3 rings (SSSR count). The van der Waals surface area contributed by atoms with E-state index in [4.69, 9.17) is 4.74 Å². The monoisotopic (exact) mass is 320 g/mol. The number of nitrogens with zero attached hydrogens (tertiary/aromatic N) is 2. The molecule has 0 aliphatic heterocycles. The summed E-state index contributed by atoms with van der Waals surface area (Å²) in [6.45, 7) is 0. The van der Waals surface area contributed by atoms with Gasteiger partial charge in [-0.15, -0.1) is 0 Å².